The fourth-order valence-electron chi connectivity index (χ4n) is 2.60. The monoisotopic (exact) mass is 446 g/mol. The highest BCUT2D eigenvalue weighted by atomic mass is 16.5. The Labute approximate surface area is 190 Å². The number of para-hydroxylation sites is 1. The third kappa shape index (κ3) is 7.51. The number of amides is 3. The zero-order valence-corrected chi connectivity index (χ0v) is 17.8. The lowest BCUT2D eigenvalue weighted by atomic mass is 10.2. The first-order chi connectivity index (χ1) is 16.0. The summed E-state index contributed by atoms with van der Waals surface area (Å²) >= 11 is 0. The summed E-state index contributed by atoms with van der Waals surface area (Å²) in [6.07, 6.45) is 1.38. The van der Waals surface area contributed by atoms with Crippen LogP contribution in [0.25, 0.3) is 0 Å². The normalized spacial score (nSPS) is 10.3. The van der Waals surface area contributed by atoms with Crippen LogP contribution in [-0.4, -0.2) is 37.7 Å². The SMILES string of the molecule is COc1ccc(NC(=O)C(=O)N/N=C\c2ccc(OCC(=O)Nc3ccccc3)cc2)cc1. The van der Waals surface area contributed by atoms with Gasteiger partial charge in [0, 0.05) is 11.4 Å². The van der Waals surface area contributed by atoms with Crippen LogP contribution in [0.15, 0.2) is 84.0 Å². The largest absolute Gasteiger partial charge is 0.497 e. The van der Waals surface area contributed by atoms with Gasteiger partial charge in [-0.15, -0.1) is 0 Å². The highest BCUT2D eigenvalue weighted by Gasteiger charge is 2.12. The van der Waals surface area contributed by atoms with E-state index in [0.29, 0.717) is 28.4 Å². The van der Waals surface area contributed by atoms with Crippen LogP contribution in [0.5, 0.6) is 11.5 Å². The Kier molecular flexibility index (Phi) is 8.13. The summed E-state index contributed by atoms with van der Waals surface area (Å²) in [5.74, 6) is -0.907. The van der Waals surface area contributed by atoms with E-state index in [4.69, 9.17) is 9.47 Å². The summed E-state index contributed by atoms with van der Waals surface area (Å²) in [5, 5.41) is 8.96. The second kappa shape index (κ2) is 11.7. The molecule has 3 aromatic carbocycles. The van der Waals surface area contributed by atoms with Crippen LogP contribution >= 0.6 is 0 Å². The summed E-state index contributed by atoms with van der Waals surface area (Å²) in [7, 11) is 1.53. The average Bonchev–Trinajstić information content (AvgIpc) is 2.84. The van der Waals surface area contributed by atoms with Crippen LogP contribution in [0.1, 0.15) is 5.56 Å². The van der Waals surface area contributed by atoms with Gasteiger partial charge in [0.1, 0.15) is 11.5 Å². The number of nitrogens with zero attached hydrogens (tertiary/aromatic N) is 1. The van der Waals surface area contributed by atoms with Crippen molar-refractivity contribution in [2.45, 2.75) is 0 Å². The van der Waals surface area contributed by atoms with E-state index >= 15 is 0 Å². The Balaban J connectivity index is 1.42. The number of nitrogens with one attached hydrogen (secondary N) is 3. The smallest absolute Gasteiger partial charge is 0.329 e. The molecular formula is C24H22N4O5. The number of ether oxygens (including phenoxy) is 2. The number of hydrazone groups is 1. The first-order valence-corrected chi connectivity index (χ1v) is 9.89. The molecule has 168 valence electrons. The van der Waals surface area contributed by atoms with Gasteiger partial charge in [0.15, 0.2) is 6.61 Å². The number of carbonyl (C=O) groups excluding carboxylic acids is 3. The zero-order chi connectivity index (χ0) is 23.5. The van der Waals surface area contributed by atoms with Gasteiger partial charge >= 0.3 is 11.8 Å². The van der Waals surface area contributed by atoms with Gasteiger partial charge in [-0.3, -0.25) is 14.4 Å². The van der Waals surface area contributed by atoms with Crippen molar-refractivity contribution < 1.29 is 23.9 Å². The molecule has 3 amide bonds. The van der Waals surface area contributed by atoms with Crippen molar-refractivity contribution in [3.8, 4) is 11.5 Å². The molecule has 0 unspecified atom stereocenters. The fraction of sp³-hybridized carbons (Fsp3) is 0.0833. The maximum Gasteiger partial charge on any atom is 0.329 e. The number of hydrogen-bond donors (Lipinski definition) is 3. The summed E-state index contributed by atoms with van der Waals surface area (Å²) in [6, 6.07) is 22.3. The lowest BCUT2D eigenvalue weighted by molar-refractivity contribution is -0.136. The molecule has 0 saturated heterocycles. The quantitative estimate of drug-likeness (QED) is 0.279. The molecule has 0 heterocycles. The molecule has 3 N–H and O–H groups in total. The Morgan fingerprint density at radius 3 is 2.09 bits per heavy atom. The first-order valence-electron chi connectivity index (χ1n) is 9.89. The van der Waals surface area contributed by atoms with Crippen molar-refractivity contribution in [1.29, 1.82) is 0 Å². The molecule has 0 aliphatic carbocycles. The molecule has 0 bridgehead atoms. The van der Waals surface area contributed by atoms with Crippen molar-refractivity contribution in [2.24, 2.45) is 5.10 Å². The topological polar surface area (TPSA) is 118 Å². The highest BCUT2D eigenvalue weighted by Crippen LogP contribution is 2.15. The van der Waals surface area contributed by atoms with Crippen LogP contribution in [0.2, 0.25) is 0 Å². The molecule has 0 radical (unpaired) electrons. The third-order valence-electron chi connectivity index (χ3n) is 4.24. The highest BCUT2D eigenvalue weighted by molar-refractivity contribution is 6.39. The Hall–Kier alpha value is -4.66. The molecule has 9 heteroatoms. The van der Waals surface area contributed by atoms with Gasteiger partial charge in [0.2, 0.25) is 0 Å². The molecule has 0 atom stereocenters. The number of methoxy groups -OCH3 is 1. The van der Waals surface area contributed by atoms with E-state index in [1.807, 2.05) is 18.2 Å². The van der Waals surface area contributed by atoms with E-state index in [-0.39, 0.29) is 12.5 Å². The molecule has 3 rings (SSSR count). The van der Waals surface area contributed by atoms with E-state index in [0.717, 1.165) is 0 Å². The van der Waals surface area contributed by atoms with Gasteiger partial charge < -0.3 is 20.1 Å². The van der Waals surface area contributed by atoms with Crippen LogP contribution in [0, 0.1) is 0 Å². The van der Waals surface area contributed by atoms with E-state index < -0.39 is 11.8 Å². The minimum absolute atomic E-state index is 0.137. The van der Waals surface area contributed by atoms with Crippen LogP contribution < -0.4 is 25.5 Å². The molecule has 33 heavy (non-hydrogen) atoms. The van der Waals surface area contributed by atoms with Gasteiger partial charge in [-0.05, 0) is 66.2 Å². The summed E-state index contributed by atoms with van der Waals surface area (Å²) in [4.78, 5) is 35.7. The van der Waals surface area contributed by atoms with E-state index in [1.54, 1.807) is 60.7 Å². The minimum Gasteiger partial charge on any atom is -0.497 e. The predicted octanol–water partition coefficient (Wildman–Crippen LogP) is 2.80. The Morgan fingerprint density at radius 1 is 0.788 bits per heavy atom. The molecule has 0 spiro atoms. The number of benzene rings is 3. The standard InChI is InChI=1S/C24H22N4O5/c1-32-20-13-9-19(10-14-20)27-23(30)24(31)28-25-15-17-7-11-21(12-8-17)33-16-22(29)26-18-5-3-2-4-6-18/h2-15H,16H2,1H3,(H,26,29)(H,27,30)(H,28,31)/b25-15-. The van der Waals surface area contributed by atoms with E-state index in [9.17, 15) is 14.4 Å². The van der Waals surface area contributed by atoms with Gasteiger partial charge in [0.05, 0.1) is 13.3 Å². The van der Waals surface area contributed by atoms with Crippen LogP contribution in [0.3, 0.4) is 0 Å². The molecule has 0 aliphatic rings. The van der Waals surface area contributed by atoms with Crippen LogP contribution in [-0.2, 0) is 14.4 Å². The summed E-state index contributed by atoms with van der Waals surface area (Å²) < 4.78 is 10.5. The second-order valence-electron chi connectivity index (χ2n) is 6.65. The summed E-state index contributed by atoms with van der Waals surface area (Å²) in [5.41, 5.74) is 3.96. The number of hydrogen-bond acceptors (Lipinski definition) is 6. The van der Waals surface area contributed by atoms with Crippen molar-refractivity contribution in [2.75, 3.05) is 24.4 Å². The van der Waals surface area contributed by atoms with Crippen molar-refractivity contribution in [3.63, 3.8) is 0 Å². The van der Waals surface area contributed by atoms with E-state index in [2.05, 4.69) is 21.2 Å². The molecule has 0 aromatic heterocycles. The number of anilines is 2. The fourth-order valence-corrected chi connectivity index (χ4v) is 2.60. The zero-order valence-electron chi connectivity index (χ0n) is 17.8. The second-order valence-corrected chi connectivity index (χ2v) is 6.65. The molecular weight excluding hydrogens is 424 g/mol. The lowest BCUT2D eigenvalue weighted by Gasteiger charge is -2.07. The van der Waals surface area contributed by atoms with Crippen LogP contribution in [0.4, 0.5) is 11.4 Å². The molecule has 0 saturated carbocycles. The molecule has 9 nitrogen and oxygen atoms in total. The minimum atomic E-state index is -0.911. The average molecular weight is 446 g/mol. The molecule has 0 fully saturated rings. The van der Waals surface area contributed by atoms with Gasteiger partial charge in [-0.25, -0.2) is 5.43 Å². The van der Waals surface area contributed by atoms with Gasteiger partial charge in [-0.2, -0.15) is 5.10 Å². The molecule has 3 aromatic rings. The number of carbonyl (C=O) groups is 3. The van der Waals surface area contributed by atoms with E-state index in [1.165, 1.54) is 13.3 Å². The first kappa shape index (κ1) is 23.0. The Morgan fingerprint density at radius 2 is 1.42 bits per heavy atom. The predicted molar refractivity (Wildman–Crippen MR) is 124 cm³/mol. The maximum atomic E-state index is 11.9. The van der Waals surface area contributed by atoms with Crippen molar-refractivity contribution in [1.82, 2.24) is 5.43 Å². The summed E-state index contributed by atoms with van der Waals surface area (Å²) in [6.45, 7) is -0.137. The molecule has 0 aliphatic heterocycles. The Bertz CT molecular complexity index is 1110. The number of rotatable bonds is 8. The van der Waals surface area contributed by atoms with Crippen molar-refractivity contribution >= 4 is 35.3 Å². The van der Waals surface area contributed by atoms with Gasteiger partial charge in [0.25, 0.3) is 5.91 Å². The van der Waals surface area contributed by atoms with Gasteiger partial charge in [-0.1, -0.05) is 18.2 Å². The van der Waals surface area contributed by atoms with Crippen molar-refractivity contribution in [3.05, 3.63) is 84.4 Å². The maximum absolute atomic E-state index is 11.9. The third-order valence-corrected chi connectivity index (χ3v) is 4.24. The lowest BCUT2D eigenvalue weighted by Crippen LogP contribution is -2.32.